The minimum Gasteiger partial charge on any atom is -0.508 e. The van der Waals surface area contributed by atoms with Gasteiger partial charge in [-0.1, -0.05) is 17.9 Å². The molecule has 1 aliphatic heterocycles. The Morgan fingerprint density at radius 3 is 2.04 bits per heavy atom. The second-order valence-corrected chi connectivity index (χ2v) is 16.3. The summed E-state index contributed by atoms with van der Waals surface area (Å²) >= 11 is 0. The zero-order valence-electron chi connectivity index (χ0n) is 27.4. The van der Waals surface area contributed by atoms with Crippen LogP contribution in [0.1, 0.15) is 75.9 Å². The molecule has 0 radical (unpaired) electrons. The van der Waals surface area contributed by atoms with Crippen LogP contribution >= 0.6 is 0 Å². The molecular formula is C38H38F3N3O5S. The summed E-state index contributed by atoms with van der Waals surface area (Å²) in [6, 6.07) is 15.7. The van der Waals surface area contributed by atoms with Gasteiger partial charge in [0, 0.05) is 54.1 Å². The molecule has 4 aliphatic carbocycles. The van der Waals surface area contributed by atoms with E-state index in [9.17, 15) is 36.3 Å². The molecule has 5 aliphatic rings. The van der Waals surface area contributed by atoms with Gasteiger partial charge in [0.05, 0.1) is 11.3 Å². The molecule has 0 spiro atoms. The number of nitrogens with zero attached hydrogens (tertiary/aromatic N) is 2. The van der Waals surface area contributed by atoms with Crippen LogP contribution in [0.3, 0.4) is 0 Å². The average molecular weight is 706 g/mol. The molecule has 3 aromatic rings. The molecule has 5 fully saturated rings. The third kappa shape index (κ3) is 7.48. The lowest BCUT2D eigenvalue weighted by Gasteiger charge is -2.56. The van der Waals surface area contributed by atoms with Crippen molar-refractivity contribution in [3.8, 4) is 17.6 Å². The molecule has 262 valence electrons. The Hall–Kier alpha value is -4.50. The number of sulfonamides is 1. The molecule has 0 aromatic heterocycles. The van der Waals surface area contributed by atoms with Crippen LogP contribution in [0.2, 0.25) is 0 Å². The number of hydrogen-bond acceptors (Lipinski definition) is 6. The maximum absolute atomic E-state index is 13.8. The minimum absolute atomic E-state index is 0.00931. The number of hydrogen-bond donors (Lipinski definition) is 2. The Balaban J connectivity index is 0.968. The zero-order chi connectivity index (χ0) is 35.3. The van der Waals surface area contributed by atoms with Gasteiger partial charge in [0.25, 0.3) is 11.8 Å². The van der Waals surface area contributed by atoms with Gasteiger partial charge in [0.2, 0.25) is 10.0 Å². The standard InChI is InChI=1S/C38H38F3N3O5S/c39-38(40,41)32-18-26(5-4-25-2-1-3-34(45)19-25)17-31(20-32)36(47)44-12-10-43(11-13-44)33-8-6-30(7-9-33)35(46)42-50(48,49)24-37-21-27-14-28(22-37)16-29(15-27)23-37/h1-3,6-9,17-20,27-29,45H,10-16,21-24H2,(H,42,46). The Bertz CT molecular complexity index is 1940. The highest BCUT2D eigenvalue weighted by Gasteiger charge is 2.52. The van der Waals surface area contributed by atoms with E-state index in [2.05, 4.69) is 16.6 Å². The number of carbonyl (C=O) groups is 2. The molecular weight excluding hydrogens is 667 g/mol. The molecule has 12 heteroatoms. The molecule has 2 N–H and O–H groups in total. The van der Waals surface area contributed by atoms with Crippen molar-refractivity contribution in [2.75, 3.05) is 36.8 Å². The molecule has 50 heavy (non-hydrogen) atoms. The van der Waals surface area contributed by atoms with Gasteiger partial charge >= 0.3 is 6.18 Å². The maximum Gasteiger partial charge on any atom is 0.416 e. The van der Waals surface area contributed by atoms with Crippen molar-refractivity contribution >= 4 is 27.5 Å². The van der Waals surface area contributed by atoms with Crippen LogP contribution in [0.25, 0.3) is 0 Å². The Labute approximate surface area is 289 Å². The highest BCUT2D eigenvalue weighted by Crippen LogP contribution is 2.60. The Kier molecular flexibility index (Phi) is 8.83. The van der Waals surface area contributed by atoms with Crippen molar-refractivity contribution in [3.05, 3.63) is 94.5 Å². The summed E-state index contributed by atoms with van der Waals surface area (Å²) in [5.41, 5.74) is 0.110. The maximum atomic E-state index is 13.8. The van der Waals surface area contributed by atoms with Gasteiger partial charge in [-0.05, 0) is 122 Å². The van der Waals surface area contributed by atoms with E-state index in [1.807, 2.05) is 4.90 Å². The molecule has 2 amide bonds. The first-order valence-electron chi connectivity index (χ1n) is 17.0. The largest absolute Gasteiger partial charge is 0.508 e. The highest BCUT2D eigenvalue weighted by atomic mass is 32.2. The summed E-state index contributed by atoms with van der Waals surface area (Å²) in [4.78, 5) is 29.9. The summed E-state index contributed by atoms with van der Waals surface area (Å²) in [5, 5.41) is 9.65. The molecule has 4 bridgehead atoms. The van der Waals surface area contributed by atoms with E-state index in [0.29, 0.717) is 36.4 Å². The van der Waals surface area contributed by atoms with Gasteiger partial charge in [-0.2, -0.15) is 13.2 Å². The monoisotopic (exact) mass is 705 g/mol. The van der Waals surface area contributed by atoms with Crippen LogP contribution in [0.15, 0.2) is 66.7 Å². The number of aromatic hydroxyl groups is 1. The first-order valence-corrected chi connectivity index (χ1v) is 18.6. The third-order valence-corrected chi connectivity index (χ3v) is 12.2. The van der Waals surface area contributed by atoms with Gasteiger partial charge in [0.1, 0.15) is 5.75 Å². The van der Waals surface area contributed by atoms with Gasteiger partial charge in [-0.3, -0.25) is 9.59 Å². The lowest BCUT2D eigenvalue weighted by Crippen LogP contribution is -2.51. The average Bonchev–Trinajstić information content (AvgIpc) is 3.05. The number of rotatable bonds is 6. The van der Waals surface area contributed by atoms with Crippen molar-refractivity contribution < 1.29 is 36.3 Å². The second kappa shape index (κ2) is 13.0. The SMILES string of the molecule is O=C(NS(=O)(=O)CC12CC3CC(CC(C3)C1)C2)c1ccc(N2CCN(C(=O)c3cc(C#Cc4cccc(O)c4)cc(C(F)(F)F)c3)CC2)cc1. The number of piperazine rings is 1. The number of alkyl halides is 3. The molecule has 8 rings (SSSR count). The number of nitrogens with one attached hydrogen (secondary N) is 1. The fourth-order valence-corrected chi connectivity index (χ4v) is 10.6. The normalized spacial score (nSPS) is 24.4. The van der Waals surface area contributed by atoms with E-state index in [1.165, 1.54) is 42.4 Å². The lowest BCUT2D eigenvalue weighted by molar-refractivity contribution is -0.137. The number of anilines is 1. The van der Waals surface area contributed by atoms with Crippen LogP contribution in [0.5, 0.6) is 5.75 Å². The van der Waals surface area contributed by atoms with E-state index in [0.717, 1.165) is 37.1 Å². The van der Waals surface area contributed by atoms with Gasteiger partial charge in [-0.15, -0.1) is 0 Å². The van der Waals surface area contributed by atoms with Crippen LogP contribution in [0.4, 0.5) is 18.9 Å². The second-order valence-electron chi connectivity index (χ2n) is 14.5. The minimum atomic E-state index is -4.68. The molecule has 1 saturated heterocycles. The lowest BCUT2D eigenvalue weighted by atomic mass is 9.50. The topological polar surface area (TPSA) is 107 Å². The molecule has 0 unspecified atom stereocenters. The number of halogens is 3. The molecule has 3 aromatic carbocycles. The molecule has 8 nitrogen and oxygen atoms in total. The Morgan fingerprint density at radius 2 is 1.44 bits per heavy atom. The Morgan fingerprint density at radius 1 is 0.820 bits per heavy atom. The van der Waals surface area contributed by atoms with Crippen LogP contribution < -0.4 is 9.62 Å². The zero-order valence-corrected chi connectivity index (χ0v) is 28.2. The van der Waals surface area contributed by atoms with Gasteiger partial charge in [0.15, 0.2) is 0 Å². The van der Waals surface area contributed by atoms with Crippen molar-refractivity contribution in [3.63, 3.8) is 0 Å². The van der Waals surface area contributed by atoms with E-state index in [-0.39, 0.29) is 46.7 Å². The summed E-state index contributed by atoms with van der Waals surface area (Å²) in [6.45, 7) is 1.31. The van der Waals surface area contributed by atoms with Gasteiger partial charge in [-0.25, -0.2) is 13.1 Å². The predicted molar refractivity (Wildman–Crippen MR) is 182 cm³/mol. The van der Waals surface area contributed by atoms with Crippen LogP contribution in [-0.2, 0) is 16.2 Å². The van der Waals surface area contributed by atoms with Crippen molar-refractivity contribution in [1.82, 2.24) is 9.62 Å². The van der Waals surface area contributed by atoms with Crippen molar-refractivity contribution in [2.24, 2.45) is 23.2 Å². The van der Waals surface area contributed by atoms with E-state index in [1.54, 1.807) is 36.4 Å². The van der Waals surface area contributed by atoms with E-state index in [4.69, 9.17) is 0 Å². The van der Waals surface area contributed by atoms with Crippen LogP contribution in [-0.4, -0.2) is 62.2 Å². The third-order valence-electron chi connectivity index (χ3n) is 10.7. The summed E-state index contributed by atoms with van der Waals surface area (Å²) in [5.74, 6) is 6.00. The molecule has 0 atom stereocenters. The quantitative estimate of drug-likeness (QED) is 0.303. The van der Waals surface area contributed by atoms with Crippen LogP contribution in [0, 0.1) is 35.0 Å². The smallest absolute Gasteiger partial charge is 0.416 e. The molecule has 1 heterocycles. The highest BCUT2D eigenvalue weighted by molar-refractivity contribution is 7.90. The number of phenols is 1. The number of phenolic OH excluding ortho intramolecular Hbond substituents is 1. The summed E-state index contributed by atoms with van der Waals surface area (Å²) in [6.07, 6.45) is 1.73. The van der Waals surface area contributed by atoms with Crippen molar-refractivity contribution in [2.45, 2.75) is 44.7 Å². The van der Waals surface area contributed by atoms with E-state index < -0.39 is 33.6 Å². The number of benzene rings is 3. The van der Waals surface area contributed by atoms with Crippen molar-refractivity contribution in [1.29, 1.82) is 0 Å². The number of amides is 2. The predicted octanol–water partition coefficient (Wildman–Crippen LogP) is 6.05. The summed E-state index contributed by atoms with van der Waals surface area (Å²) in [7, 11) is -3.82. The summed E-state index contributed by atoms with van der Waals surface area (Å²) < 4.78 is 69.9. The fourth-order valence-electron chi connectivity index (χ4n) is 8.99. The first kappa shape index (κ1) is 34.0. The van der Waals surface area contributed by atoms with Gasteiger partial charge < -0.3 is 14.9 Å². The first-order chi connectivity index (χ1) is 23.7. The molecule has 4 saturated carbocycles. The number of carbonyl (C=O) groups excluding carboxylic acids is 2. The van der Waals surface area contributed by atoms with E-state index >= 15 is 0 Å². The fraction of sp³-hybridized carbons (Fsp3) is 0.421.